The lowest BCUT2D eigenvalue weighted by Gasteiger charge is -2.28. The molecular weight excluding hydrogens is 457 g/mol. The number of amides is 2. The molecule has 3 aromatic rings. The monoisotopic (exact) mass is 481 g/mol. The molecule has 0 saturated heterocycles. The summed E-state index contributed by atoms with van der Waals surface area (Å²) in [5.74, 6) is -1.09. The Kier molecular flexibility index (Phi) is 8.47. The highest BCUT2D eigenvalue weighted by Gasteiger charge is 2.32. The summed E-state index contributed by atoms with van der Waals surface area (Å²) >= 11 is 0. The van der Waals surface area contributed by atoms with E-state index in [0.29, 0.717) is 17.1 Å². The zero-order valence-corrected chi connectivity index (χ0v) is 18.9. The average Bonchev–Trinajstić information content (AvgIpc) is 2.84. The molecule has 2 N–H and O–H groups in total. The van der Waals surface area contributed by atoms with Crippen LogP contribution in [-0.2, 0) is 20.9 Å². The minimum absolute atomic E-state index is 0.0550. The number of carbonyl (C=O) groups excluding carboxylic acids is 2. The second kappa shape index (κ2) is 11.7. The number of halogens is 1. The molecule has 0 fully saturated rings. The molecule has 2 amide bonds. The maximum atomic E-state index is 13.1. The molecule has 0 aromatic heterocycles. The quantitative estimate of drug-likeness (QED) is 0.250. The molecule has 0 aliphatic carbocycles. The largest absolute Gasteiger partial charge is 0.457 e. The zero-order valence-electron chi connectivity index (χ0n) is 18.9. The van der Waals surface area contributed by atoms with E-state index in [1.165, 1.54) is 43.3 Å². The Morgan fingerprint density at radius 1 is 1.00 bits per heavy atom. The number of nitrogens with two attached hydrogens (primary N) is 1. The van der Waals surface area contributed by atoms with E-state index in [9.17, 15) is 24.1 Å². The number of primary amides is 1. The molecule has 0 radical (unpaired) electrons. The standard InChI is InChI=1S/C25H24FN3O6/c1-17(25(27)31)28(20-9-13-22(14-10-20)35-21-11-7-19(26)8-12-21)23(30)15-24(29(32)33)34-16-18-5-3-2-4-6-18/h2-14,17,24H,15-16H2,1H3,(H2,27,31)/t17?,24-/m0/s1. The average molecular weight is 481 g/mol. The Morgan fingerprint density at radius 3 is 2.11 bits per heavy atom. The first-order chi connectivity index (χ1) is 16.7. The summed E-state index contributed by atoms with van der Waals surface area (Å²) in [4.78, 5) is 36.9. The van der Waals surface area contributed by atoms with Crippen LogP contribution in [-0.4, -0.2) is 29.0 Å². The van der Waals surface area contributed by atoms with Crippen molar-refractivity contribution in [2.24, 2.45) is 5.73 Å². The van der Waals surface area contributed by atoms with Gasteiger partial charge in [0.1, 0.15) is 29.8 Å². The summed E-state index contributed by atoms with van der Waals surface area (Å²) in [7, 11) is 0. The van der Waals surface area contributed by atoms with Crippen LogP contribution in [0.15, 0.2) is 78.9 Å². The number of anilines is 1. The van der Waals surface area contributed by atoms with Crippen molar-refractivity contribution in [1.29, 1.82) is 0 Å². The van der Waals surface area contributed by atoms with Crippen molar-refractivity contribution < 1.29 is 28.4 Å². The number of benzene rings is 3. The van der Waals surface area contributed by atoms with Crippen molar-refractivity contribution in [2.75, 3.05) is 4.90 Å². The Bertz CT molecular complexity index is 1160. The fraction of sp³-hybridized carbons (Fsp3) is 0.200. The lowest BCUT2D eigenvalue weighted by molar-refractivity contribution is -0.576. The van der Waals surface area contributed by atoms with Crippen molar-refractivity contribution >= 4 is 17.5 Å². The van der Waals surface area contributed by atoms with Gasteiger partial charge in [0.2, 0.25) is 11.8 Å². The van der Waals surface area contributed by atoms with Gasteiger partial charge in [-0.25, -0.2) is 4.39 Å². The van der Waals surface area contributed by atoms with Gasteiger partial charge in [-0.05, 0) is 61.0 Å². The van der Waals surface area contributed by atoms with Crippen LogP contribution >= 0.6 is 0 Å². The number of hydrogen-bond acceptors (Lipinski definition) is 6. The van der Waals surface area contributed by atoms with Gasteiger partial charge in [0.05, 0.1) is 11.5 Å². The van der Waals surface area contributed by atoms with Crippen molar-refractivity contribution in [3.05, 3.63) is 100 Å². The lowest BCUT2D eigenvalue weighted by Crippen LogP contribution is -2.48. The van der Waals surface area contributed by atoms with Crippen molar-refractivity contribution in [2.45, 2.75) is 32.2 Å². The number of rotatable bonds is 11. The second-order valence-electron chi connectivity index (χ2n) is 7.63. The molecule has 10 heteroatoms. The lowest BCUT2D eigenvalue weighted by atomic mass is 10.1. The Morgan fingerprint density at radius 2 is 1.57 bits per heavy atom. The second-order valence-corrected chi connectivity index (χ2v) is 7.63. The van der Waals surface area contributed by atoms with E-state index >= 15 is 0 Å². The number of nitrogens with zero attached hydrogens (tertiary/aromatic N) is 2. The maximum absolute atomic E-state index is 13.1. The first-order valence-electron chi connectivity index (χ1n) is 10.7. The molecule has 182 valence electrons. The zero-order chi connectivity index (χ0) is 25.4. The van der Waals surface area contributed by atoms with Crippen LogP contribution in [0.1, 0.15) is 18.9 Å². The van der Waals surface area contributed by atoms with Crippen LogP contribution in [0.25, 0.3) is 0 Å². The van der Waals surface area contributed by atoms with Gasteiger partial charge in [0.15, 0.2) is 0 Å². The predicted molar refractivity (Wildman–Crippen MR) is 126 cm³/mol. The van der Waals surface area contributed by atoms with Crippen LogP contribution in [0.3, 0.4) is 0 Å². The minimum atomic E-state index is -1.62. The van der Waals surface area contributed by atoms with Gasteiger partial charge in [0, 0.05) is 5.69 Å². The van der Waals surface area contributed by atoms with Crippen molar-refractivity contribution in [1.82, 2.24) is 0 Å². The molecule has 3 rings (SSSR count). The molecule has 2 atom stereocenters. The Labute approximate surface area is 201 Å². The summed E-state index contributed by atoms with van der Waals surface area (Å²) in [6.07, 6.45) is -2.22. The van der Waals surface area contributed by atoms with Crippen LogP contribution in [0.2, 0.25) is 0 Å². The number of carbonyl (C=O) groups is 2. The first kappa shape index (κ1) is 25.3. The van der Waals surface area contributed by atoms with E-state index < -0.39 is 41.2 Å². The third-order valence-electron chi connectivity index (χ3n) is 5.10. The van der Waals surface area contributed by atoms with E-state index in [2.05, 4.69) is 0 Å². The van der Waals surface area contributed by atoms with E-state index in [1.54, 1.807) is 42.5 Å². The molecule has 0 bridgehead atoms. The number of nitro groups is 1. The summed E-state index contributed by atoms with van der Waals surface area (Å²) in [5.41, 5.74) is 6.43. The topological polar surface area (TPSA) is 125 Å². The minimum Gasteiger partial charge on any atom is -0.457 e. The van der Waals surface area contributed by atoms with Gasteiger partial charge in [-0.1, -0.05) is 30.3 Å². The van der Waals surface area contributed by atoms with E-state index in [4.69, 9.17) is 15.2 Å². The van der Waals surface area contributed by atoms with E-state index in [1.807, 2.05) is 0 Å². The molecule has 0 saturated carbocycles. The summed E-state index contributed by atoms with van der Waals surface area (Å²) in [5, 5.41) is 11.5. The Hall–Kier alpha value is -4.31. The summed E-state index contributed by atoms with van der Waals surface area (Å²) in [6, 6.07) is 19.3. The molecule has 0 aliphatic rings. The van der Waals surface area contributed by atoms with Gasteiger partial charge in [-0.3, -0.25) is 24.6 Å². The Balaban J connectivity index is 1.75. The van der Waals surface area contributed by atoms with Gasteiger partial charge < -0.3 is 15.2 Å². The van der Waals surface area contributed by atoms with Gasteiger partial charge in [-0.2, -0.15) is 0 Å². The first-order valence-corrected chi connectivity index (χ1v) is 10.7. The highest BCUT2D eigenvalue weighted by atomic mass is 19.1. The van der Waals surface area contributed by atoms with Crippen molar-refractivity contribution in [3.8, 4) is 11.5 Å². The summed E-state index contributed by atoms with van der Waals surface area (Å²) in [6.45, 7) is 1.37. The molecule has 9 nitrogen and oxygen atoms in total. The summed E-state index contributed by atoms with van der Waals surface area (Å²) < 4.78 is 24.1. The third kappa shape index (κ3) is 7.08. The van der Waals surface area contributed by atoms with Crippen LogP contribution in [0.4, 0.5) is 10.1 Å². The third-order valence-corrected chi connectivity index (χ3v) is 5.10. The highest BCUT2D eigenvalue weighted by molar-refractivity contribution is 6.00. The van der Waals surface area contributed by atoms with Gasteiger partial charge >= 0.3 is 6.23 Å². The van der Waals surface area contributed by atoms with E-state index in [0.717, 1.165) is 4.90 Å². The molecule has 0 heterocycles. The van der Waals surface area contributed by atoms with Crippen LogP contribution < -0.4 is 15.4 Å². The molecule has 0 aliphatic heterocycles. The normalized spacial score (nSPS) is 12.4. The number of ether oxygens (including phenoxy) is 2. The smallest absolute Gasteiger partial charge is 0.324 e. The van der Waals surface area contributed by atoms with Crippen LogP contribution in [0.5, 0.6) is 11.5 Å². The van der Waals surface area contributed by atoms with Gasteiger partial charge in [-0.15, -0.1) is 0 Å². The fourth-order valence-electron chi connectivity index (χ4n) is 3.23. The SMILES string of the molecule is CC(C(N)=O)N(C(=O)C[C@H](OCc1ccccc1)[N+](=O)[O-])c1ccc(Oc2ccc(F)cc2)cc1. The molecule has 1 unspecified atom stereocenters. The highest BCUT2D eigenvalue weighted by Crippen LogP contribution is 2.26. The number of hydrogen-bond donors (Lipinski definition) is 1. The van der Waals surface area contributed by atoms with E-state index in [-0.39, 0.29) is 12.3 Å². The predicted octanol–water partition coefficient (Wildman–Crippen LogP) is 4.03. The maximum Gasteiger partial charge on any atom is 0.324 e. The van der Waals surface area contributed by atoms with Crippen LogP contribution in [0, 0.1) is 15.9 Å². The fourth-order valence-corrected chi connectivity index (χ4v) is 3.23. The molecular formula is C25H24FN3O6. The molecule has 0 spiro atoms. The molecule has 3 aromatic carbocycles. The van der Waals surface area contributed by atoms with Gasteiger partial charge in [0.25, 0.3) is 0 Å². The molecule has 35 heavy (non-hydrogen) atoms. The van der Waals surface area contributed by atoms with Crippen molar-refractivity contribution in [3.63, 3.8) is 0 Å².